The lowest BCUT2D eigenvalue weighted by Crippen LogP contribution is -2.61. The van der Waals surface area contributed by atoms with Gasteiger partial charge in [-0.1, -0.05) is 34.6 Å². The van der Waals surface area contributed by atoms with E-state index in [1.54, 1.807) is 0 Å². The lowest BCUT2D eigenvalue weighted by molar-refractivity contribution is -0.150. The van der Waals surface area contributed by atoms with Crippen LogP contribution in [0.2, 0.25) is 0 Å². The van der Waals surface area contributed by atoms with Crippen LogP contribution in [0, 0.1) is 51.2 Å². The van der Waals surface area contributed by atoms with Crippen molar-refractivity contribution in [2.45, 2.75) is 77.9 Å². The van der Waals surface area contributed by atoms with E-state index in [0.29, 0.717) is 39.3 Å². The number of carbonyl (C=O) groups excluding carboxylic acids is 4. The van der Waals surface area contributed by atoms with Gasteiger partial charge in [-0.25, -0.2) is 0 Å². The maximum atomic E-state index is 14.1. The fraction of sp³-hybridized carbons (Fsp3) is 0.828. The van der Waals surface area contributed by atoms with Gasteiger partial charge in [-0.2, -0.15) is 5.26 Å². The maximum absolute atomic E-state index is 14.1. The van der Waals surface area contributed by atoms with Gasteiger partial charge in [0.2, 0.25) is 23.6 Å². The van der Waals surface area contributed by atoms with Gasteiger partial charge < -0.3 is 30.7 Å². The van der Waals surface area contributed by atoms with Crippen LogP contribution >= 0.6 is 0 Å². The van der Waals surface area contributed by atoms with Gasteiger partial charge in [-0.3, -0.25) is 19.2 Å². The molecule has 41 heavy (non-hydrogen) atoms. The summed E-state index contributed by atoms with van der Waals surface area (Å²) >= 11 is 0. The van der Waals surface area contributed by atoms with E-state index in [1.165, 1.54) is 4.90 Å². The summed E-state index contributed by atoms with van der Waals surface area (Å²) in [6, 6.07) is 0.559. The number of hydrogen-bond donors (Lipinski definition) is 3. The molecule has 12 heteroatoms. The zero-order valence-electron chi connectivity index (χ0n) is 24.7. The van der Waals surface area contributed by atoms with E-state index in [4.69, 9.17) is 15.2 Å². The molecule has 4 aliphatic heterocycles. The number of piperidine rings is 1. The number of nitrogens with one attached hydrogen (secondary N) is 2. The van der Waals surface area contributed by atoms with Gasteiger partial charge in [0, 0.05) is 42.8 Å². The van der Waals surface area contributed by atoms with Crippen LogP contribution in [0.1, 0.15) is 60.3 Å². The summed E-state index contributed by atoms with van der Waals surface area (Å²) in [6.45, 7) is 11.7. The van der Waals surface area contributed by atoms with Gasteiger partial charge >= 0.3 is 0 Å². The quantitative estimate of drug-likeness (QED) is 0.389. The molecule has 1 aliphatic carbocycles. The molecule has 1 saturated carbocycles. The number of hydrogen-bond acceptors (Lipinski definition) is 7. The number of rotatable bonds is 7. The van der Waals surface area contributed by atoms with Crippen LogP contribution in [0.15, 0.2) is 0 Å². The first-order chi connectivity index (χ1) is 18.7. The Morgan fingerprint density at radius 3 is 2.34 bits per heavy atom. The molecule has 4 heterocycles. The molecule has 5 aliphatic rings. The number of primary amides is 1. The third-order valence-electron chi connectivity index (χ3n) is 10.7. The van der Waals surface area contributed by atoms with Crippen LogP contribution in [0.3, 0.4) is 0 Å². The Balaban J connectivity index is 0.00000387. The third-order valence-corrected chi connectivity index (χ3v) is 10.7. The SMILES string of the molecule is CC(C)(C)[C@H](NC(=O)C1COC1)C(=O)N1CC2C(C)(C)C2([C@@H](C#N)CC2CC3(CCOCC3)NC2=O)C1C(N)=O.[N]. The van der Waals surface area contributed by atoms with Crippen LogP contribution in [0.25, 0.3) is 0 Å². The van der Waals surface area contributed by atoms with E-state index in [1.807, 2.05) is 34.6 Å². The van der Waals surface area contributed by atoms with Crippen LogP contribution < -0.4 is 22.5 Å². The molecule has 4 saturated heterocycles. The number of fused-ring (bicyclic) bond motifs is 1. The van der Waals surface area contributed by atoms with E-state index in [2.05, 4.69) is 16.7 Å². The van der Waals surface area contributed by atoms with E-state index in [-0.39, 0.29) is 53.7 Å². The van der Waals surface area contributed by atoms with Crippen molar-refractivity contribution in [2.75, 3.05) is 33.0 Å². The van der Waals surface area contributed by atoms with Gasteiger partial charge in [0.1, 0.15) is 12.1 Å². The molecular weight excluding hydrogens is 528 g/mol. The smallest absolute Gasteiger partial charge is 0.246 e. The summed E-state index contributed by atoms with van der Waals surface area (Å²) in [7, 11) is 0. The van der Waals surface area contributed by atoms with Crippen molar-refractivity contribution in [1.82, 2.24) is 21.7 Å². The first kappa shape index (κ1) is 31.2. The van der Waals surface area contributed by atoms with E-state index >= 15 is 0 Å². The lowest BCUT2D eigenvalue weighted by atomic mass is 9.72. The molecule has 4 amide bonds. The Kier molecular flexibility index (Phi) is 7.99. The minimum atomic E-state index is -1.01. The molecule has 5 rings (SSSR count). The van der Waals surface area contributed by atoms with Crippen molar-refractivity contribution in [3.63, 3.8) is 0 Å². The molecule has 0 aromatic rings. The standard InChI is InChI=1S/C29H43N5O6.N/c1-26(2,3)20(32-23(36)17-14-40-15-17)25(38)34-13-19-27(4,5)29(19,21(34)22(31)35)18(12-30)10-16-11-28(33-24(16)37)6-8-39-9-7-28;/h16-21H,6-11,13-15H2,1-5H3,(H2,31,35)(H,32,36)(H,33,37);/t16?,18-,19?,20-,21?,29?;/m1./s1. The Morgan fingerprint density at radius 1 is 1.20 bits per heavy atom. The molecule has 0 bridgehead atoms. The molecule has 0 aromatic carbocycles. The molecule has 12 nitrogen and oxygen atoms in total. The Bertz CT molecular complexity index is 1130. The first-order valence-corrected chi connectivity index (χ1v) is 14.5. The van der Waals surface area contributed by atoms with E-state index in [9.17, 15) is 24.4 Å². The zero-order chi connectivity index (χ0) is 29.3. The van der Waals surface area contributed by atoms with Gasteiger partial charge in [0.25, 0.3) is 0 Å². The number of likely N-dealkylation sites (tertiary alicyclic amines) is 1. The Labute approximate surface area is 242 Å². The van der Waals surface area contributed by atoms with E-state index < -0.39 is 40.2 Å². The average Bonchev–Trinajstić information content (AvgIpc) is 3.12. The molecule has 1 spiro atoms. The number of nitriles is 1. The highest BCUT2D eigenvalue weighted by Crippen LogP contribution is 2.78. The van der Waals surface area contributed by atoms with Crippen molar-refractivity contribution >= 4 is 23.6 Å². The summed E-state index contributed by atoms with van der Waals surface area (Å²) in [4.78, 5) is 54.7. The normalized spacial score (nSPS) is 32.9. The van der Waals surface area contributed by atoms with E-state index in [0.717, 1.165) is 12.8 Å². The topological polar surface area (TPSA) is 194 Å². The molecule has 0 aromatic heterocycles. The minimum Gasteiger partial charge on any atom is -0.381 e. The highest BCUT2D eigenvalue weighted by molar-refractivity contribution is 5.94. The lowest BCUT2D eigenvalue weighted by Gasteiger charge is -2.41. The van der Waals surface area contributed by atoms with Crippen molar-refractivity contribution in [3.05, 3.63) is 0 Å². The number of carbonyl (C=O) groups is 4. The van der Waals surface area contributed by atoms with Gasteiger partial charge in [-0.05, 0) is 42.4 Å². The fourth-order valence-electron chi connectivity index (χ4n) is 8.27. The molecule has 6 atom stereocenters. The number of nitrogens with zero attached hydrogens (tertiary/aromatic N) is 3. The average molecular weight is 572 g/mol. The summed E-state index contributed by atoms with van der Waals surface area (Å²) in [5, 5.41) is 16.6. The highest BCUT2D eigenvalue weighted by atomic mass is 16.5. The number of ether oxygens (including phenoxy) is 2. The summed E-state index contributed by atoms with van der Waals surface area (Å²) in [5.41, 5.74) is 3.80. The minimum absolute atomic E-state index is 0. The highest BCUT2D eigenvalue weighted by Gasteiger charge is 2.83. The molecule has 5 fully saturated rings. The van der Waals surface area contributed by atoms with Crippen molar-refractivity contribution in [2.24, 2.45) is 45.7 Å². The first-order valence-electron chi connectivity index (χ1n) is 14.5. The maximum Gasteiger partial charge on any atom is 0.246 e. The molecule has 4 unspecified atom stereocenters. The Hall–Kier alpha value is -2.75. The predicted octanol–water partition coefficient (Wildman–Crippen LogP) is 0.237. The van der Waals surface area contributed by atoms with Crippen molar-refractivity contribution < 1.29 is 28.7 Å². The van der Waals surface area contributed by atoms with Gasteiger partial charge in [0.15, 0.2) is 0 Å². The third kappa shape index (κ3) is 4.79. The molecule has 3 radical (unpaired) electrons. The number of amides is 4. The second-order valence-corrected chi connectivity index (χ2v) is 14.2. The summed E-state index contributed by atoms with van der Waals surface area (Å²) in [5.74, 6) is -2.80. The predicted molar refractivity (Wildman–Crippen MR) is 145 cm³/mol. The van der Waals surface area contributed by atoms with Crippen LogP contribution in [0.5, 0.6) is 0 Å². The van der Waals surface area contributed by atoms with Crippen LogP contribution in [-0.2, 0) is 28.7 Å². The summed E-state index contributed by atoms with van der Waals surface area (Å²) < 4.78 is 10.6. The van der Waals surface area contributed by atoms with Gasteiger partial charge in [-0.15, -0.1) is 0 Å². The molecule has 4 N–H and O–H groups in total. The molecule has 225 valence electrons. The second kappa shape index (κ2) is 10.5. The monoisotopic (exact) mass is 571 g/mol. The van der Waals surface area contributed by atoms with Crippen molar-refractivity contribution in [3.8, 4) is 6.07 Å². The zero-order valence-corrected chi connectivity index (χ0v) is 24.7. The largest absolute Gasteiger partial charge is 0.381 e. The van der Waals surface area contributed by atoms with Crippen molar-refractivity contribution in [1.29, 1.82) is 5.26 Å². The fourth-order valence-corrected chi connectivity index (χ4v) is 8.27. The van der Waals surface area contributed by atoms with Gasteiger partial charge in [0.05, 0.1) is 31.1 Å². The van der Waals surface area contributed by atoms with Crippen LogP contribution in [-0.4, -0.2) is 79.1 Å². The Morgan fingerprint density at radius 2 is 1.83 bits per heavy atom. The number of nitrogens with two attached hydrogens (primary N) is 1. The van der Waals surface area contributed by atoms with Crippen LogP contribution in [0.4, 0.5) is 0 Å². The summed E-state index contributed by atoms with van der Waals surface area (Å²) in [6.07, 6.45) is 2.41. The molecular formula is C29H43N6O6. The second-order valence-electron chi connectivity index (χ2n) is 14.2.